The maximum atomic E-state index is 11.2. The van der Waals surface area contributed by atoms with Crippen molar-refractivity contribution < 1.29 is 26.3 Å². The standard InChI is InChI=1S/C10H20N2O.BrH/c1-8(2)10(13)11-7-9(3)12(4,5)6;/h9H,1,7H2,2-6H3;1H. The van der Waals surface area contributed by atoms with Crippen LogP contribution < -0.4 is 22.3 Å². The molecule has 1 N–H and O–H groups in total. The normalized spacial score (nSPS) is 12.6. The Balaban J connectivity index is 0. The highest BCUT2D eigenvalue weighted by Crippen LogP contribution is 2.00. The van der Waals surface area contributed by atoms with E-state index in [1.807, 2.05) is 0 Å². The molecule has 0 aromatic heterocycles. The third kappa shape index (κ3) is 6.16. The van der Waals surface area contributed by atoms with E-state index in [1.165, 1.54) is 0 Å². The molecule has 3 nitrogen and oxygen atoms in total. The van der Waals surface area contributed by atoms with Crippen molar-refractivity contribution in [3.05, 3.63) is 12.2 Å². The Morgan fingerprint density at radius 2 is 1.86 bits per heavy atom. The van der Waals surface area contributed by atoms with Crippen LogP contribution in [0.25, 0.3) is 0 Å². The molecule has 0 rings (SSSR count). The molecule has 0 bridgehead atoms. The molecule has 1 amide bonds. The van der Waals surface area contributed by atoms with Crippen LogP contribution in [0, 0.1) is 0 Å². The van der Waals surface area contributed by atoms with Crippen LogP contribution in [0.3, 0.4) is 0 Å². The van der Waals surface area contributed by atoms with Crippen molar-refractivity contribution in [1.29, 1.82) is 0 Å². The minimum Gasteiger partial charge on any atom is -1.00 e. The van der Waals surface area contributed by atoms with E-state index in [2.05, 4.69) is 40.0 Å². The van der Waals surface area contributed by atoms with Crippen molar-refractivity contribution in [2.24, 2.45) is 0 Å². The Kier molecular flexibility index (Phi) is 7.12. The van der Waals surface area contributed by atoms with Gasteiger partial charge in [-0.25, -0.2) is 0 Å². The number of amides is 1. The minimum absolute atomic E-state index is 0. The van der Waals surface area contributed by atoms with Gasteiger partial charge < -0.3 is 26.8 Å². The highest BCUT2D eigenvalue weighted by Gasteiger charge is 2.18. The fourth-order valence-corrected chi connectivity index (χ4v) is 0.665. The van der Waals surface area contributed by atoms with Gasteiger partial charge in [-0.15, -0.1) is 0 Å². The number of rotatable bonds is 4. The number of likely N-dealkylation sites (N-methyl/N-ethyl adjacent to an activating group) is 1. The summed E-state index contributed by atoms with van der Waals surface area (Å²) >= 11 is 0. The van der Waals surface area contributed by atoms with E-state index in [0.717, 1.165) is 4.48 Å². The van der Waals surface area contributed by atoms with E-state index < -0.39 is 0 Å². The predicted molar refractivity (Wildman–Crippen MR) is 55.3 cm³/mol. The van der Waals surface area contributed by atoms with E-state index in [1.54, 1.807) is 6.92 Å². The van der Waals surface area contributed by atoms with Crippen LogP contribution in [0.2, 0.25) is 0 Å². The van der Waals surface area contributed by atoms with Gasteiger partial charge in [0.15, 0.2) is 0 Å². The van der Waals surface area contributed by atoms with Crippen molar-refractivity contribution in [1.82, 2.24) is 5.32 Å². The van der Waals surface area contributed by atoms with Gasteiger partial charge in [0.05, 0.1) is 27.7 Å². The molecule has 84 valence electrons. The molecule has 0 aliphatic heterocycles. The summed E-state index contributed by atoms with van der Waals surface area (Å²) in [6.45, 7) is 8.09. The minimum atomic E-state index is -0.0553. The van der Waals surface area contributed by atoms with Crippen LogP contribution in [-0.2, 0) is 4.79 Å². The summed E-state index contributed by atoms with van der Waals surface area (Å²) in [4.78, 5) is 11.2. The lowest BCUT2D eigenvalue weighted by molar-refractivity contribution is -0.892. The van der Waals surface area contributed by atoms with Crippen molar-refractivity contribution in [2.75, 3.05) is 27.7 Å². The summed E-state index contributed by atoms with van der Waals surface area (Å²) in [6, 6.07) is 0.406. The zero-order chi connectivity index (χ0) is 10.6. The summed E-state index contributed by atoms with van der Waals surface area (Å²) in [5.41, 5.74) is 0.564. The fourth-order valence-electron chi connectivity index (χ4n) is 0.665. The lowest BCUT2D eigenvalue weighted by Gasteiger charge is -2.31. The molecule has 0 saturated carbocycles. The molecule has 0 aliphatic carbocycles. The van der Waals surface area contributed by atoms with Gasteiger partial charge in [0, 0.05) is 5.57 Å². The third-order valence-electron chi connectivity index (χ3n) is 2.27. The second kappa shape index (κ2) is 6.19. The number of hydrogen-bond acceptors (Lipinski definition) is 1. The molecule has 0 saturated heterocycles. The lowest BCUT2D eigenvalue weighted by Crippen LogP contribution is -3.00. The molecule has 0 aromatic carbocycles. The number of carbonyl (C=O) groups excluding carboxylic acids is 1. The Labute approximate surface area is 97.5 Å². The Morgan fingerprint density at radius 3 is 2.14 bits per heavy atom. The Bertz CT molecular complexity index is 209. The number of carbonyl (C=O) groups is 1. The first-order valence-corrected chi connectivity index (χ1v) is 4.50. The van der Waals surface area contributed by atoms with Crippen LogP contribution in [0.1, 0.15) is 13.8 Å². The first kappa shape index (κ1) is 16.1. The summed E-state index contributed by atoms with van der Waals surface area (Å²) in [5, 5.41) is 2.83. The van der Waals surface area contributed by atoms with E-state index in [4.69, 9.17) is 0 Å². The predicted octanol–water partition coefficient (Wildman–Crippen LogP) is -2.22. The van der Waals surface area contributed by atoms with Crippen LogP contribution in [0.15, 0.2) is 12.2 Å². The molecule has 0 aromatic rings. The molecule has 0 fully saturated rings. The summed E-state index contributed by atoms with van der Waals surface area (Å²) in [7, 11) is 6.33. The maximum absolute atomic E-state index is 11.2. The highest BCUT2D eigenvalue weighted by atomic mass is 79.9. The molecule has 1 unspecified atom stereocenters. The summed E-state index contributed by atoms with van der Waals surface area (Å²) in [6.07, 6.45) is 0. The van der Waals surface area contributed by atoms with E-state index in [0.29, 0.717) is 18.2 Å². The van der Waals surface area contributed by atoms with Gasteiger partial charge in [0.1, 0.15) is 6.04 Å². The van der Waals surface area contributed by atoms with Gasteiger partial charge in [-0.3, -0.25) is 4.79 Å². The average molecular weight is 265 g/mol. The van der Waals surface area contributed by atoms with Crippen molar-refractivity contribution in [2.45, 2.75) is 19.9 Å². The third-order valence-corrected chi connectivity index (χ3v) is 2.27. The van der Waals surface area contributed by atoms with Crippen LogP contribution in [0.4, 0.5) is 0 Å². The second-order valence-corrected chi connectivity index (χ2v) is 4.46. The number of quaternary nitrogens is 1. The van der Waals surface area contributed by atoms with Crippen molar-refractivity contribution in [3.8, 4) is 0 Å². The number of halogens is 1. The monoisotopic (exact) mass is 264 g/mol. The smallest absolute Gasteiger partial charge is 0.246 e. The highest BCUT2D eigenvalue weighted by molar-refractivity contribution is 5.92. The van der Waals surface area contributed by atoms with Gasteiger partial charge in [-0.1, -0.05) is 6.58 Å². The molecule has 14 heavy (non-hydrogen) atoms. The van der Waals surface area contributed by atoms with Gasteiger partial charge in [-0.05, 0) is 13.8 Å². The average Bonchev–Trinajstić information content (AvgIpc) is 1.97. The second-order valence-electron chi connectivity index (χ2n) is 4.46. The molecular formula is C10H21BrN2O. The number of nitrogens with one attached hydrogen (secondary N) is 1. The molecule has 0 radical (unpaired) electrons. The lowest BCUT2D eigenvalue weighted by atomic mass is 10.2. The van der Waals surface area contributed by atoms with Crippen molar-refractivity contribution >= 4 is 5.91 Å². The van der Waals surface area contributed by atoms with E-state index >= 15 is 0 Å². The number of hydrogen-bond donors (Lipinski definition) is 1. The fraction of sp³-hybridized carbons (Fsp3) is 0.700. The largest absolute Gasteiger partial charge is 1.00 e. The van der Waals surface area contributed by atoms with E-state index in [-0.39, 0.29) is 22.9 Å². The maximum Gasteiger partial charge on any atom is 0.246 e. The van der Waals surface area contributed by atoms with Gasteiger partial charge in [-0.2, -0.15) is 0 Å². The number of nitrogens with zero attached hydrogens (tertiary/aromatic N) is 1. The van der Waals surface area contributed by atoms with Crippen LogP contribution in [-0.4, -0.2) is 44.1 Å². The zero-order valence-electron chi connectivity index (χ0n) is 9.72. The molecule has 0 heterocycles. The SMILES string of the molecule is C=C(C)C(=O)NCC(C)[N+](C)(C)C.[Br-]. The molecular weight excluding hydrogens is 244 g/mol. The zero-order valence-corrected chi connectivity index (χ0v) is 11.3. The van der Waals surface area contributed by atoms with Crippen LogP contribution in [0.5, 0.6) is 0 Å². The summed E-state index contributed by atoms with van der Waals surface area (Å²) in [5.74, 6) is -0.0553. The first-order valence-electron chi connectivity index (χ1n) is 4.50. The molecule has 0 spiro atoms. The summed E-state index contributed by atoms with van der Waals surface area (Å²) < 4.78 is 0.844. The molecule has 0 aliphatic rings. The van der Waals surface area contributed by atoms with Crippen LogP contribution >= 0.6 is 0 Å². The molecule has 1 atom stereocenters. The van der Waals surface area contributed by atoms with Gasteiger partial charge >= 0.3 is 0 Å². The van der Waals surface area contributed by atoms with Gasteiger partial charge in [0.25, 0.3) is 0 Å². The van der Waals surface area contributed by atoms with Crippen molar-refractivity contribution in [3.63, 3.8) is 0 Å². The Hall–Kier alpha value is -0.350. The molecule has 4 heteroatoms. The van der Waals surface area contributed by atoms with Gasteiger partial charge in [0.2, 0.25) is 5.91 Å². The quantitative estimate of drug-likeness (QED) is 0.453. The topological polar surface area (TPSA) is 29.1 Å². The van der Waals surface area contributed by atoms with E-state index in [9.17, 15) is 4.79 Å². The first-order chi connectivity index (χ1) is 5.75. The Morgan fingerprint density at radius 1 is 1.43 bits per heavy atom.